The number of benzene rings is 2. The zero-order valence-electron chi connectivity index (χ0n) is 14.0. The second kappa shape index (κ2) is 6.78. The van der Waals surface area contributed by atoms with Gasteiger partial charge >= 0.3 is 0 Å². The fourth-order valence-electron chi connectivity index (χ4n) is 2.45. The summed E-state index contributed by atoms with van der Waals surface area (Å²) >= 11 is 0. The minimum absolute atomic E-state index is 0.0634. The summed E-state index contributed by atoms with van der Waals surface area (Å²) in [6, 6.07) is 17.9. The number of rotatable bonds is 4. The minimum Gasteiger partial charge on any atom is -0.308 e. The predicted molar refractivity (Wildman–Crippen MR) is 93.6 cm³/mol. The molecular formula is C20H25NO. The molecule has 0 atom stereocenters. The lowest BCUT2D eigenvalue weighted by molar-refractivity contribution is 0.0987. The van der Waals surface area contributed by atoms with Gasteiger partial charge in [-0.15, -0.1) is 0 Å². The monoisotopic (exact) mass is 295 g/mol. The first-order valence-corrected chi connectivity index (χ1v) is 7.91. The molecule has 0 fully saturated rings. The predicted octanol–water partition coefficient (Wildman–Crippen LogP) is 5.04. The molecule has 0 heterocycles. The molecule has 2 nitrogen and oxygen atoms in total. The van der Waals surface area contributed by atoms with Gasteiger partial charge in [0, 0.05) is 17.8 Å². The molecule has 1 amide bonds. The van der Waals surface area contributed by atoms with Crippen LogP contribution in [0.1, 0.15) is 50.0 Å². The second-order valence-corrected chi connectivity index (χ2v) is 6.62. The average Bonchev–Trinajstić information content (AvgIpc) is 2.52. The van der Waals surface area contributed by atoms with Crippen LogP contribution in [-0.4, -0.2) is 12.5 Å². The van der Waals surface area contributed by atoms with E-state index < -0.39 is 0 Å². The van der Waals surface area contributed by atoms with Gasteiger partial charge < -0.3 is 4.90 Å². The summed E-state index contributed by atoms with van der Waals surface area (Å²) in [7, 11) is 0. The number of anilines is 1. The molecule has 0 aromatic heterocycles. The summed E-state index contributed by atoms with van der Waals surface area (Å²) in [6.07, 6.45) is 0.931. The first kappa shape index (κ1) is 16.3. The maximum Gasteiger partial charge on any atom is 0.258 e. The van der Waals surface area contributed by atoms with Crippen molar-refractivity contribution in [3.63, 3.8) is 0 Å². The molecule has 22 heavy (non-hydrogen) atoms. The molecule has 0 aliphatic heterocycles. The Bertz CT molecular complexity index is 608. The van der Waals surface area contributed by atoms with Crippen molar-refractivity contribution in [2.45, 2.75) is 39.5 Å². The lowest BCUT2D eigenvalue weighted by Gasteiger charge is -2.23. The van der Waals surface area contributed by atoms with Crippen molar-refractivity contribution in [1.29, 1.82) is 0 Å². The molecule has 0 radical (unpaired) electrons. The van der Waals surface area contributed by atoms with Crippen LogP contribution < -0.4 is 4.90 Å². The molecule has 0 N–H and O–H groups in total. The zero-order valence-corrected chi connectivity index (χ0v) is 14.0. The smallest absolute Gasteiger partial charge is 0.258 e. The molecule has 2 aromatic rings. The topological polar surface area (TPSA) is 20.3 Å². The zero-order chi connectivity index (χ0) is 16.2. The Labute approximate surface area is 133 Å². The van der Waals surface area contributed by atoms with Crippen molar-refractivity contribution in [1.82, 2.24) is 0 Å². The van der Waals surface area contributed by atoms with E-state index in [1.54, 1.807) is 0 Å². The third-order valence-electron chi connectivity index (χ3n) is 3.76. The average molecular weight is 295 g/mol. The molecule has 2 aromatic carbocycles. The number of hydrogen-bond donors (Lipinski definition) is 0. The molecule has 0 saturated carbocycles. The first-order chi connectivity index (χ1) is 10.4. The Hall–Kier alpha value is -2.09. The second-order valence-electron chi connectivity index (χ2n) is 6.62. The summed E-state index contributed by atoms with van der Waals surface area (Å²) in [4.78, 5) is 14.7. The van der Waals surface area contributed by atoms with Gasteiger partial charge in [-0.2, -0.15) is 0 Å². The van der Waals surface area contributed by atoms with Crippen LogP contribution in [-0.2, 0) is 5.41 Å². The van der Waals surface area contributed by atoms with Crippen LogP contribution in [0.15, 0.2) is 54.6 Å². The van der Waals surface area contributed by atoms with E-state index in [4.69, 9.17) is 0 Å². The lowest BCUT2D eigenvalue weighted by atomic mass is 9.86. The van der Waals surface area contributed by atoms with E-state index in [2.05, 4.69) is 39.8 Å². The summed E-state index contributed by atoms with van der Waals surface area (Å²) < 4.78 is 0. The molecule has 0 bridgehead atoms. The highest BCUT2D eigenvalue weighted by Crippen LogP contribution is 2.23. The van der Waals surface area contributed by atoms with E-state index in [9.17, 15) is 4.79 Å². The van der Waals surface area contributed by atoms with E-state index in [0.29, 0.717) is 0 Å². The third kappa shape index (κ3) is 3.76. The van der Waals surface area contributed by atoms with Gasteiger partial charge in [-0.1, -0.05) is 58.0 Å². The van der Waals surface area contributed by atoms with Crippen molar-refractivity contribution in [2.75, 3.05) is 11.4 Å². The quantitative estimate of drug-likeness (QED) is 0.773. The summed E-state index contributed by atoms with van der Waals surface area (Å²) in [5, 5.41) is 0. The van der Waals surface area contributed by atoms with Crippen LogP contribution in [0.2, 0.25) is 0 Å². The number of carbonyl (C=O) groups is 1. The highest BCUT2D eigenvalue weighted by Gasteiger charge is 2.18. The largest absolute Gasteiger partial charge is 0.308 e. The molecule has 116 valence electrons. The molecular weight excluding hydrogens is 270 g/mol. The first-order valence-electron chi connectivity index (χ1n) is 7.91. The fraction of sp³-hybridized carbons (Fsp3) is 0.350. The van der Waals surface area contributed by atoms with Crippen LogP contribution in [0.25, 0.3) is 0 Å². The van der Waals surface area contributed by atoms with E-state index in [-0.39, 0.29) is 11.3 Å². The van der Waals surface area contributed by atoms with Gasteiger partial charge in [0.2, 0.25) is 0 Å². The highest BCUT2D eigenvalue weighted by molar-refractivity contribution is 6.06. The number of carbonyl (C=O) groups excluding carboxylic acids is 1. The standard InChI is InChI=1S/C20H25NO/c1-5-15-21(18-9-7-6-8-10-18)19(22)16-11-13-17(14-12-16)20(2,3)4/h6-14H,5,15H2,1-4H3. The highest BCUT2D eigenvalue weighted by atomic mass is 16.2. The van der Waals surface area contributed by atoms with Gasteiger partial charge in [-0.25, -0.2) is 0 Å². The Morgan fingerprint density at radius 3 is 2.05 bits per heavy atom. The Morgan fingerprint density at radius 1 is 0.955 bits per heavy atom. The van der Waals surface area contributed by atoms with Gasteiger partial charge in [0.25, 0.3) is 5.91 Å². The molecule has 2 heteroatoms. The maximum absolute atomic E-state index is 12.8. The van der Waals surface area contributed by atoms with Crippen LogP contribution in [0.4, 0.5) is 5.69 Å². The molecule has 0 aliphatic carbocycles. The Kier molecular flexibility index (Phi) is 5.02. The minimum atomic E-state index is 0.0634. The number of para-hydroxylation sites is 1. The number of nitrogens with zero attached hydrogens (tertiary/aromatic N) is 1. The third-order valence-corrected chi connectivity index (χ3v) is 3.76. The van der Waals surface area contributed by atoms with Gasteiger partial charge in [-0.05, 0) is 41.7 Å². The van der Waals surface area contributed by atoms with Crippen molar-refractivity contribution in [2.24, 2.45) is 0 Å². The van der Waals surface area contributed by atoms with Crippen molar-refractivity contribution >= 4 is 11.6 Å². The van der Waals surface area contributed by atoms with Crippen LogP contribution in [0.3, 0.4) is 0 Å². The van der Waals surface area contributed by atoms with Gasteiger partial charge in [0.1, 0.15) is 0 Å². The number of amides is 1. The molecule has 0 aliphatic rings. The van der Waals surface area contributed by atoms with Crippen molar-refractivity contribution in [3.8, 4) is 0 Å². The fourth-order valence-corrected chi connectivity index (χ4v) is 2.45. The van der Waals surface area contributed by atoms with Crippen molar-refractivity contribution in [3.05, 3.63) is 65.7 Å². The lowest BCUT2D eigenvalue weighted by Crippen LogP contribution is -2.31. The number of hydrogen-bond acceptors (Lipinski definition) is 1. The summed E-state index contributed by atoms with van der Waals surface area (Å²) in [6.45, 7) is 9.35. The molecule has 0 unspecified atom stereocenters. The van der Waals surface area contributed by atoms with E-state index >= 15 is 0 Å². The molecule has 0 spiro atoms. The van der Waals surface area contributed by atoms with Crippen LogP contribution >= 0.6 is 0 Å². The van der Waals surface area contributed by atoms with E-state index in [0.717, 1.165) is 24.2 Å². The Morgan fingerprint density at radius 2 is 1.55 bits per heavy atom. The van der Waals surface area contributed by atoms with Crippen LogP contribution in [0.5, 0.6) is 0 Å². The van der Waals surface area contributed by atoms with Gasteiger partial charge in [-0.3, -0.25) is 4.79 Å². The normalized spacial score (nSPS) is 11.3. The maximum atomic E-state index is 12.8. The molecule has 2 rings (SSSR count). The van der Waals surface area contributed by atoms with Crippen LogP contribution in [0, 0.1) is 0 Å². The van der Waals surface area contributed by atoms with Gasteiger partial charge in [0.15, 0.2) is 0 Å². The van der Waals surface area contributed by atoms with E-state index in [1.807, 2.05) is 47.4 Å². The molecule has 0 saturated heterocycles. The summed E-state index contributed by atoms with van der Waals surface area (Å²) in [5.41, 5.74) is 3.04. The SMILES string of the molecule is CCCN(C(=O)c1ccc(C(C)(C)C)cc1)c1ccccc1. The van der Waals surface area contributed by atoms with E-state index in [1.165, 1.54) is 5.56 Å². The summed E-state index contributed by atoms with van der Waals surface area (Å²) in [5.74, 6) is 0.0634. The van der Waals surface area contributed by atoms with Gasteiger partial charge in [0.05, 0.1) is 0 Å². The Balaban J connectivity index is 2.28. The van der Waals surface area contributed by atoms with Crippen molar-refractivity contribution < 1.29 is 4.79 Å².